The highest BCUT2D eigenvalue weighted by Gasteiger charge is 2.46. The van der Waals surface area contributed by atoms with Crippen molar-refractivity contribution in [1.82, 2.24) is 0 Å². The van der Waals surface area contributed by atoms with Crippen molar-refractivity contribution >= 4 is 21.9 Å². The monoisotopic (exact) mass is 489 g/mol. The maximum Gasteiger partial charge on any atom is 0.302 e. The molecule has 9 heteroatoms. The lowest BCUT2D eigenvalue weighted by Gasteiger charge is -2.43. The number of esters is 1. The second-order valence-electron chi connectivity index (χ2n) is 7.05. The summed E-state index contributed by atoms with van der Waals surface area (Å²) in [7, 11) is 0. The highest BCUT2D eigenvalue weighted by atomic mass is 79.9. The van der Waals surface area contributed by atoms with Gasteiger partial charge in [0.05, 0.1) is 19.3 Å². The molecule has 0 bridgehead atoms. The van der Waals surface area contributed by atoms with E-state index in [0.717, 1.165) is 11.1 Å². The number of carbonyl (C=O) groups excluding carboxylic acids is 1. The molecule has 1 aliphatic heterocycles. The van der Waals surface area contributed by atoms with Crippen LogP contribution < -0.4 is 0 Å². The van der Waals surface area contributed by atoms with Crippen LogP contribution in [-0.2, 0) is 37.0 Å². The van der Waals surface area contributed by atoms with Crippen LogP contribution in [0, 0.1) is 0 Å². The van der Waals surface area contributed by atoms with Crippen molar-refractivity contribution in [3.8, 4) is 0 Å². The van der Waals surface area contributed by atoms with Gasteiger partial charge in [-0.2, -0.15) is 0 Å². The van der Waals surface area contributed by atoms with E-state index in [9.17, 15) is 4.79 Å². The first-order chi connectivity index (χ1) is 15.1. The van der Waals surface area contributed by atoms with E-state index in [1.807, 2.05) is 60.7 Å². The number of halogens is 1. The molecule has 1 fully saturated rings. The highest BCUT2D eigenvalue weighted by molar-refractivity contribution is 9.09. The first-order valence-corrected chi connectivity index (χ1v) is 10.8. The molecule has 0 radical (unpaired) electrons. The minimum Gasteiger partial charge on any atom is -0.463 e. The molecule has 31 heavy (non-hydrogen) atoms. The van der Waals surface area contributed by atoms with Crippen LogP contribution in [0.4, 0.5) is 0 Å². The fourth-order valence-corrected chi connectivity index (χ4v) is 4.00. The van der Waals surface area contributed by atoms with Gasteiger partial charge in [-0.15, -0.1) is 0 Å². The largest absolute Gasteiger partial charge is 0.463 e. The zero-order valence-corrected chi connectivity index (χ0v) is 18.6. The summed E-state index contributed by atoms with van der Waals surface area (Å²) in [5.41, 5.74) is 11.0. The third-order valence-electron chi connectivity index (χ3n) is 4.81. The summed E-state index contributed by atoms with van der Waals surface area (Å²) in [6, 6.07) is 18.7. The average molecular weight is 490 g/mol. The minimum absolute atomic E-state index is 0.00885. The predicted molar refractivity (Wildman–Crippen MR) is 117 cm³/mol. The number of benzene rings is 2. The lowest BCUT2D eigenvalue weighted by molar-refractivity contribution is -0.209. The molecule has 0 unspecified atom stereocenters. The van der Waals surface area contributed by atoms with Crippen molar-refractivity contribution in [3.63, 3.8) is 0 Å². The van der Waals surface area contributed by atoms with Gasteiger partial charge < -0.3 is 18.9 Å². The lowest BCUT2D eigenvalue weighted by Crippen LogP contribution is -2.58. The van der Waals surface area contributed by atoms with Gasteiger partial charge in [-0.25, -0.2) is 0 Å². The third-order valence-corrected chi connectivity index (χ3v) is 5.56. The number of carbonyl (C=O) groups is 1. The number of rotatable bonds is 9. The Balaban J connectivity index is 1.83. The van der Waals surface area contributed by atoms with Gasteiger partial charge in [0, 0.05) is 11.8 Å². The summed E-state index contributed by atoms with van der Waals surface area (Å²) in [5, 5.41) is 3.27. The average Bonchev–Trinajstić information content (AvgIpc) is 2.78. The van der Waals surface area contributed by atoms with E-state index < -0.39 is 35.3 Å². The standard InChI is InChI=1S/C22H24BrN3O5/c1-15(27)28-14-18-20(29-12-16-8-4-2-5-9-16)21(19(25-26-24)22(23)31-18)30-13-17-10-6-3-7-11-17/h2-11,18-22H,12-14H2,1H3/t18-,19-,20+,21-,22+/m1/s1. The van der Waals surface area contributed by atoms with E-state index in [1.54, 1.807) is 0 Å². The lowest BCUT2D eigenvalue weighted by atomic mass is 9.98. The third kappa shape index (κ3) is 6.78. The van der Waals surface area contributed by atoms with Crippen LogP contribution in [0.3, 0.4) is 0 Å². The molecule has 1 heterocycles. The Morgan fingerprint density at radius 1 is 1.03 bits per heavy atom. The summed E-state index contributed by atoms with van der Waals surface area (Å²) in [4.78, 5) is 14.3. The Kier molecular flexibility index (Phi) is 8.87. The van der Waals surface area contributed by atoms with Crippen LogP contribution in [0.5, 0.6) is 0 Å². The van der Waals surface area contributed by atoms with Gasteiger partial charge in [0.2, 0.25) is 0 Å². The van der Waals surface area contributed by atoms with Crippen LogP contribution >= 0.6 is 15.9 Å². The fraction of sp³-hybridized carbons (Fsp3) is 0.409. The molecule has 3 rings (SSSR count). The normalized spacial score (nSPS) is 25.4. The quantitative estimate of drug-likeness (QED) is 0.169. The molecule has 0 amide bonds. The van der Waals surface area contributed by atoms with Crippen molar-refractivity contribution < 1.29 is 23.7 Å². The van der Waals surface area contributed by atoms with E-state index >= 15 is 0 Å². The zero-order valence-electron chi connectivity index (χ0n) is 17.0. The van der Waals surface area contributed by atoms with E-state index in [2.05, 4.69) is 26.0 Å². The molecular weight excluding hydrogens is 466 g/mol. The van der Waals surface area contributed by atoms with Crippen molar-refractivity contribution in [2.24, 2.45) is 5.11 Å². The number of alkyl halides is 1. The summed E-state index contributed by atoms with van der Waals surface area (Å²) >= 11 is 3.43. The highest BCUT2D eigenvalue weighted by Crippen LogP contribution is 2.32. The summed E-state index contributed by atoms with van der Waals surface area (Å²) in [5.74, 6) is -0.421. The molecule has 2 aromatic rings. The molecule has 5 atom stereocenters. The van der Waals surface area contributed by atoms with Crippen LogP contribution in [0.25, 0.3) is 10.4 Å². The van der Waals surface area contributed by atoms with Crippen LogP contribution in [0.15, 0.2) is 65.8 Å². The molecular formula is C22H24BrN3O5. The maximum absolute atomic E-state index is 11.4. The van der Waals surface area contributed by atoms with E-state index in [-0.39, 0.29) is 6.61 Å². The predicted octanol–water partition coefficient (Wildman–Crippen LogP) is 4.52. The molecule has 0 N–H and O–H groups in total. The molecule has 0 spiro atoms. The number of hydrogen-bond donors (Lipinski definition) is 0. The van der Waals surface area contributed by atoms with Gasteiger partial charge in [-0.1, -0.05) is 81.7 Å². The first-order valence-electron chi connectivity index (χ1n) is 9.86. The fourth-order valence-electron chi connectivity index (χ4n) is 3.32. The van der Waals surface area contributed by atoms with Crippen molar-refractivity contribution in [2.75, 3.05) is 6.61 Å². The van der Waals surface area contributed by atoms with Crippen LogP contribution in [0.1, 0.15) is 18.1 Å². The first kappa shape index (κ1) is 23.2. The van der Waals surface area contributed by atoms with E-state index in [4.69, 9.17) is 24.5 Å². The molecule has 8 nitrogen and oxygen atoms in total. The smallest absolute Gasteiger partial charge is 0.302 e. The van der Waals surface area contributed by atoms with Gasteiger partial charge in [0.15, 0.2) is 0 Å². The summed E-state index contributed by atoms with van der Waals surface area (Å²) in [6.07, 6.45) is -1.87. The second kappa shape index (κ2) is 11.8. The van der Waals surface area contributed by atoms with Crippen LogP contribution in [0.2, 0.25) is 0 Å². The number of nitrogens with zero attached hydrogens (tertiary/aromatic N) is 3. The van der Waals surface area contributed by atoms with Crippen LogP contribution in [-0.4, -0.2) is 41.9 Å². The van der Waals surface area contributed by atoms with Crippen molar-refractivity contribution in [1.29, 1.82) is 0 Å². The summed E-state index contributed by atoms with van der Waals surface area (Å²) in [6.45, 7) is 1.92. The second-order valence-corrected chi connectivity index (χ2v) is 7.95. The maximum atomic E-state index is 11.4. The molecule has 1 aliphatic rings. The Labute approximate surface area is 189 Å². The molecule has 2 aromatic carbocycles. The number of hydrogen-bond acceptors (Lipinski definition) is 6. The molecule has 0 aliphatic carbocycles. The number of azide groups is 1. The van der Waals surface area contributed by atoms with Gasteiger partial charge in [-0.05, 0) is 16.7 Å². The van der Waals surface area contributed by atoms with Gasteiger partial charge >= 0.3 is 5.97 Å². The van der Waals surface area contributed by atoms with Crippen molar-refractivity contribution in [2.45, 2.75) is 49.5 Å². The molecule has 1 saturated heterocycles. The SMILES string of the molecule is CC(=O)OC[C@H]1O[C@H](Br)[C@H](N=[N+]=[N-])[C@@H](OCc2ccccc2)[C@H]1OCc1ccccc1. The molecule has 0 aromatic heterocycles. The topological polar surface area (TPSA) is 103 Å². The van der Waals surface area contributed by atoms with E-state index in [0.29, 0.717) is 13.2 Å². The Morgan fingerprint density at radius 3 is 2.10 bits per heavy atom. The molecule has 0 saturated carbocycles. The summed E-state index contributed by atoms with van der Waals surface area (Å²) < 4.78 is 23.5. The Bertz CT molecular complexity index is 879. The molecule has 164 valence electrons. The van der Waals surface area contributed by atoms with Crippen molar-refractivity contribution in [3.05, 3.63) is 82.2 Å². The van der Waals surface area contributed by atoms with Gasteiger partial charge in [0.1, 0.15) is 29.9 Å². The number of ether oxygens (including phenoxy) is 4. The Morgan fingerprint density at radius 2 is 1.58 bits per heavy atom. The van der Waals surface area contributed by atoms with Gasteiger partial charge in [-0.3, -0.25) is 4.79 Å². The van der Waals surface area contributed by atoms with Gasteiger partial charge in [0.25, 0.3) is 0 Å². The van der Waals surface area contributed by atoms with E-state index in [1.165, 1.54) is 6.92 Å². The Hall–Kier alpha value is -2.42. The zero-order chi connectivity index (χ0) is 22.1. The minimum atomic E-state index is -0.678.